The number of ether oxygens (including phenoxy) is 1. The molecule has 0 spiro atoms. The average Bonchev–Trinajstić information content (AvgIpc) is 2.67. The van der Waals surface area contributed by atoms with Gasteiger partial charge in [-0.25, -0.2) is 0 Å². The molecule has 0 amide bonds. The molecule has 1 aromatic carbocycles. The molecule has 19 heavy (non-hydrogen) atoms. The first-order valence-electron chi connectivity index (χ1n) is 6.12. The van der Waals surface area contributed by atoms with Crippen molar-refractivity contribution in [2.24, 2.45) is 0 Å². The number of aryl methyl sites for hydroxylation is 2. The van der Waals surface area contributed by atoms with Gasteiger partial charge in [0.2, 0.25) is 0 Å². The predicted molar refractivity (Wildman–Crippen MR) is 77.3 cm³/mol. The summed E-state index contributed by atoms with van der Waals surface area (Å²) in [6.45, 7) is 4.60. The normalized spacial score (nSPS) is 12.4. The van der Waals surface area contributed by atoms with Crippen molar-refractivity contribution in [1.82, 2.24) is 9.78 Å². The molecule has 0 aliphatic heterocycles. The summed E-state index contributed by atoms with van der Waals surface area (Å²) >= 11 is 3.36. The summed E-state index contributed by atoms with van der Waals surface area (Å²) in [7, 11) is 0. The van der Waals surface area contributed by atoms with E-state index in [0.29, 0.717) is 6.54 Å². The van der Waals surface area contributed by atoms with Crippen LogP contribution in [0.1, 0.15) is 11.4 Å². The Morgan fingerprint density at radius 1 is 1.32 bits per heavy atom. The number of halogens is 1. The third kappa shape index (κ3) is 4.08. The summed E-state index contributed by atoms with van der Waals surface area (Å²) in [6, 6.07) is 9.52. The molecule has 102 valence electrons. The highest BCUT2D eigenvalue weighted by Crippen LogP contribution is 2.16. The van der Waals surface area contributed by atoms with Crippen LogP contribution in [0.2, 0.25) is 0 Å². The Kier molecular flexibility index (Phi) is 4.61. The number of nitrogens with zero attached hydrogens (tertiary/aromatic N) is 2. The number of benzene rings is 1. The predicted octanol–water partition coefficient (Wildman–Crippen LogP) is 2.70. The van der Waals surface area contributed by atoms with E-state index >= 15 is 0 Å². The van der Waals surface area contributed by atoms with Crippen LogP contribution in [-0.4, -0.2) is 27.6 Å². The quantitative estimate of drug-likeness (QED) is 0.919. The Balaban J connectivity index is 1.86. The molecule has 1 unspecified atom stereocenters. The number of aromatic nitrogens is 2. The third-order valence-electron chi connectivity index (χ3n) is 2.74. The number of hydrogen-bond acceptors (Lipinski definition) is 3. The monoisotopic (exact) mass is 324 g/mol. The zero-order valence-electron chi connectivity index (χ0n) is 11.0. The van der Waals surface area contributed by atoms with Gasteiger partial charge in [0.1, 0.15) is 18.5 Å². The van der Waals surface area contributed by atoms with Crippen LogP contribution in [0.4, 0.5) is 0 Å². The van der Waals surface area contributed by atoms with Crippen molar-refractivity contribution in [1.29, 1.82) is 0 Å². The Morgan fingerprint density at radius 2 is 2.00 bits per heavy atom. The molecule has 0 aliphatic carbocycles. The molecule has 0 saturated heterocycles. The summed E-state index contributed by atoms with van der Waals surface area (Å²) < 4.78 is 8.33. The number of hydrogen-bond donors (Lipinski definition) is 1. The van der Waals surface area contributed by atoms with Crippen LogP contribution in [0.5, 0.6) is 5.75 Å². The maximum Gasteiger partial charge on any atom is 0.119 e. The van der Waals surface area contributed by atoms with E-state index in [1.807, 2.05) is 44.2 Å². The first-order chi connectivity index (χ1) is 9.04. The third-order valence-corrected chi connectivity index (χ3v) is 3.27. The minimum atomic E-state index is -0.582. The maximum absolute atomic E-state index is 9.96. The molecule has 1 aromatic heterocycles. The van der Waals surface area contributed by atoms with Gasteiger partial charge >= 0.3 is 0 Å². The molecular formula is C14H17BrN2O2. The van der Waals surface area contributed by atoms with Crippen molar-refractivity contribution in [3.8, 4) is 5.75 Å². The van der Waals surface area contributed by atoms with Gasteiger partial charge < -0.3 is 9.84 Å². The van der Waals surface area contributed by atoms with Gasteiger partial charge in [0.25, 0.3) is 0 Å². The van der Waals surface area contributed by atoms with Crippen molar-refractivity contribution >= 4 is 15.9 Å². The highest BCUT2D eigenvalue weighted by atomic mass is 79.9. The summed E-state index contributed by atoms with van der Waals surface area (Å²) in [4.78, 5) is 0. The topological polar surface area (TPSA) is 47.3 Å². The average molecular weight is 325 g/mol. The lowest BCUT2D eigenvalue weighted by Crippen LogP contribution is -2.24. The van der Waals surface area contributed by atoms with Gasteiger partial charge in [-0.2, -0.15) is 5.10 Å². The van der Waals surface area contributed by atoms with Crippen LogP contribution >= 0.6 is 15.9 Å². The Labute approximate surface area is 121 Å². The SMILES string of the molecule is Cc1cc(C)n(CC(O)COc2ccc(Br)cc2)n1. The molecule has 1 heterocycles. The van der Waals surface area contributed by atoms with Gasteiger partial charge in [-0.05, 0) is 44.2 Å². The molecule has 0 aliphatic rings. The Morgan fingerprint density at radius 3 is 2.58 bits per heavy atom. The van der Waals surface area contributed by atoms with Crippen molar-refractivity contribution in [3.05, 3.63) is 46.2 Å². The Bertz CT molecular complexity index is 537. The second-order valence-corrected chi connectivity index (χ2v) is 5.44. The van der Waals surface area contributed by atoms with Crippen molar-refractivity contribution in [2.45, 2.75) is 26.5 Å². The van der Waals surface area contributed by atoms with Gasteiger partial charge in [0.05, 0.1) is 12.2 Å². The molecule has 0 bridgehead atoms. The Hall–Kier alpha value is -1.33. The molecule has 0 fully saturated rings. The summed E-state index contributed by atoms with van der Waals surface area (Å²) in [6.07, 6.45) is -0.582. The van der Waals surface area contributed by atoms with Crippen molar-refractivity contribution < 1.29 is 9.84 Å². The van der Waals surface area contributed by atoms with E-state index in [1.165, 1.54) is 0 Å². The van der Waals surface area contributed by atoms with Crippen LogP contribution in [0.3, 0.4) is 0 Å². The molecule has 1 atom stereocenters. The standard InChI is InChI=1S/C14H17BrN2O2/c1-10-7-11(2)17(16-10)8-13(18)9-19-14-5-3-12(15)4-6-14/h3-7,13,18H,8-9H2,1-2H3. The van der Waals surface area contributed by atoms with Gasteiger partial charge in [-0.1, -0.05) is 15.9 Å². The zero-order valence-corrected chi connectivity index (χ0v) is 12.6. The first kappa shape index (κ1) is 14.1. The molecule has 4 nitrogen and oxygen atoms in total. The number of aliphatic hydroxyl groups is 1. The second-order valence-electron chi connectivity index (χ2n) is 4.53. The molecular weight excluding hydrogens is 308 g/mol. The van der Waals surface area contributed by atoms with Crippen LogP contribution in [-0.2, 0) is 6.54 Å². The smallest absolute Gasteiger partial charge is 0.119 e. The summed E-state index contributed by atoms with van der Waals surface area (Å²) in [5, 5.41) is 14.3. The maximum atomic E-state index is 9.96. The van der Waals surface area contributed by atoms with Crippen LogP contribution < -0.4 is 4.74 Å². The summed E-state index contributed by atoms with van der Waals surface area (Å²) in [5.74, 6) is 0.746. The van der Waals surface area contributed by atoms with E-state index in [9.17, 15) is 5.11 Å². The van der Waals surface area contributed by atoms with E-state index in [-0.39, 0.29) is 6.61 Å². The van der Waals surface area contributed by atoms with Gasteiger partial charge in [-0.3, -0.25) is 4.68 Å². The fourth-order valence-electron chi connectivity index (χ4n) is 1.84. The van der Waals surface area contributed by atoms with E-state index in [2.05, 4.69) is 21.0 Å². The first-order valence-corrected chi connectivity index (χ1v) is 6.91. The van der Waals surface area contributed by atoms with Gasteiger partial charge in [-0.15, -0.1) is 0 Å². The van der Waals surface area contributed by atoms with Gasteiger partial charge in [0, 0.05) is 10.2 Å². The van der Waals surface area contributed by atoms with Crippen LogP contribution in [0.15, 0.2) is 34.8 Å². The lowest BCUT2D eigenvalue weighted by molar-refractivity contribution is 0.0887. The summed E-state index contributed by atoms with van der Waals surface area (Å²) in [5.41, 5.74) is 2.00. The van der Waals surface area contributed by atoms with Gasteiger partial charge in [0.15, 0.2) is 0 Å². The number of aliphatic hydroxyl groups excluding tert-OH is 1. The van der Waals surface area contributed by atoms with Crippen molar-refractivity contribution in [3.63, 3.8) is 0 Å². The van der Waals surface area contributed by atoms with E-state index in [4.69, 9.17) is 4.74 Å². The lowest BCUT2D eigenvalue weighted by Gasteiger charge is -2.13. The fourth-order valence-corrected chi connectivity index (χ4v) is 2.10. The van der Waals surface area contributed by atoms with Crippen LogP contribution in [0, 0.1) is 13.8 Å². The van der Waals surface area contributed by atoms with E-state index in [1.54, 1.807) is 4.68 Å². The zero-order chi connectivity index (χ0) is 13.8. The van der Waals surface area contributed by atoms with Crippen LogP contribution in [0.25, 0.3) is 0 Å². The fraction of sp³-hybridized carbons (Fsp3) is 0.357. The lowest BCUT2D eigenvalue weighted by atomic mass is 10.3. The molecule has 1 N–H and O–H groups in total. The molecule has 2 rings (SSSR count). The highest BCUT2D eigenvalue weighted by Gasteiger charge is 2.09. The van der Waals surface area contributed by atoms with Crippen molar-refractivity contribution in [2.75, 3.05) is 6.61 Å². The minimum absolute atomic E-state index is 0.250. The highest BCUT2D eigenvalue weighted by molar-refractivity contribution is 9.10. The molecule has 0 radical (unpaired) electrons. The molecule has 0 saturated carbocycles. The van der Waals surface area contributed by atoms with E-state index in [0.717, 1.165) is 21.6 Å². The molecule has 2 aromatic rings. The van der Waals surface area contributed by atoms with E-state index < -0.39 is 6.10 Å². The second kappa shape index (κ2) is 6.21. The minimum Gasteiger partial charge on any atom is -0.491 e. The number of rotatable bonds is 5. The molecule has 5 heteroatoms. The largest absolute Gasteiger partial charge is 0.491 e.